The molecule has 0 saturated heterocycles. The SMILES string of the molecule is COCC1CCc2ccc(C(OC)OC)nc2N1. The first-order valence-corrected chi connectivity index (χ1v) is 6.09. The highest BCUT2D eigenvalue weighted by atomic mass is 16.7. The molecular weight excluding hydrogens is 232 g/mol. The van der Waals surface area contributed by atoms with Gasteiger partial charge >= 0.3 is 0 Å². The van der Waals surface area contributed by atoms with Crippen LogP contribution in [0.4, 0.5) is 5.82 Å². The molecule has 1 N–H and O–H groups in total. The molecule has 0 radical (unpaired) electrons. The average molecular weight is 252 g/mol. The monoisotopic (exact) mass is 252 g/mol. The van der Waals surface area contributed by atoms with Gasteiger partial charge in [0.05, 0.1) is 18.3 Å². The summed E-state index contributed by atoms with van der Waals surface area (Å²) < 4.78 is 15.6. The molecule has 2 heterocycles. The van der Waals surface area contributed by atoms with Crippen LogP contribution in [0.2, 0.25) is 0 Å². The van der Waals surface area contributed by atoms with Crippen molar-refractivity contribution in [2.45, 2.75) is 25.2 Å². The standard InChI is InChI=1S/C13H20N2O3/c1-16-8-10-6-4-9-5-7-11(13(17-2)18-3)15-12(9)14-10/h5,7,10,13H,4,6,8H2,1-3H3,(H,14,15). The maximum absolute atomic E-state index is 5.21. The number of methoxy groups -OCH3 is 3. The van der Waals surface area contributed by atoms with Crippen LogP contribution in [0.1, 0.15) is 24.0 Å². The molecule has 0 aromatic carbocycles. The molecule has 100 valence electrons. The van der Waals surface area contributed by atoms with Crippen molar-refractivity contribution in [3.63, 3.8) is 0 Å². The lowest BCUT2D eigenvalue weighted by atomic mass is 10.0. The van der Waals surface area contributed by atoms with Crippen LogP contribution in [0.3, 0.4) is 0 Å². The summed E-state index contributed by atoms with van der Waals surface area (Å²) in [4.78, 5) is 4.57. The number of hydrogen-bond donors (Lipinski definition) is 1. The van der Waals surface area contributed by atoms with E-state index in [0.29, 0.717) is 12.6 Å². The van der Waals surface area contributed by atoms with E-state index in [1.807, 2.05) is 6.07 Å². The van der Waals surface area contributed by atoms with Crippen molar-refractivity contribution in [1.29, 1.82) is 0 Å². The average Bonchev–Trinajstić information content (AvgIpc) is 2.40. The molecule has 1 aromatic heterocycles. The number of anilines is 1. The van der Waals surface area contributed by atoms with Gasteiger partial charge < -0.3 is 19.5 Å². The van der Waals surface area contributed by atoms with Gasteiger partial charge in [0.25, 0.3) is 0 Å². The zero-order valence-electron chi connectivity index (χ0n) is 11.1. The Hall–Kier alpha value is -1.17. The molecule has 0 spiro atoms. The first-order chi connectivity index (χ1) is 8.78. The van der Waals surface area contributed by atoms with Gasteiger partial charge in [-0.1, -0.05) is 6.07 Å². The van der Waals surface area contributed by atoms with E-state index in [4.69, 9.17) is 14.2 Å². The Morgan fingerprint density at radius 3 is 2.78 bits per heavy atom. The van der Waals surface area contributed by atoms with Gasteiger partial charge in [-0.15, -0.1) is 0 Å². The second-order valence-corrected chi connectivity index (χ2v) is 4.38. The molecule has 1 atom stereocenters. The van der Waals surface area contributed by atoms with E-state index in [1.165, 1.54) is 5.56 Å². The van der Waals surface area contributed by atoms with Crippen molar-refractivity contribution in [2.75, 3.05) is 33.3 Å². The fourth-order valence-corrected chi connectivity index (χ4v) is 2.22. The number of fused-ring (bicyclic) bond motifs is 1. The van der Waals surface area contributed by atoms with Crippen LogP contribution >= 0.6 is 0 Å². The molecule has 1 aromatic rings. The molecular formula is C13H20N2O3. The minimum absolute atomic E-state index is 0.328. The largest absolute Gasteiger partial charge is 0.383 e. The number of nitrogens with zero attached hydrogens (tertiary/aromatic N) is 1. The molecule has 0 fully saturated rings. The Morgan fingerprint density at radius 1 is 1.33 bits per heavy atom. The van der Waals surface area contributed by atoms with Crippen molar-refractivity contribution in [1.82, 2.24) is 4.98 Å². The number of ether oxygens (including phenoxy) is 3. The fourth-order valence-electron chi connectivity index (χ4n) is 2.22. The predicted molar refractivity (Wildman–Crippen MR) is 68.6 cm³/mol. The third-order valence-corrected chi connectivity index (χ3v) is 3.14. The number of aromatic nitrogens is 1. The summed E-state index contributed by atoms with van der Waals surface area (Å²) in [5.41, 5.74) is 2.02. The second-order valence-electron chi connectivity index (χ2n) is 4.38. The highest BCUT2D eigenvalue weighted by Crippen LogP contribution is 2.26. The second kappa shape index (κ2) is 6.13. The maximum atomic E-state index is 5.21. The normalized spacial score (nSPS) is 18.6. The molecule has 5 nitrogen and oxygen atoms in total. The first-order valence-electron chi connectivity index (χ1n) is 6.09. The Morgan fingerprint density at radius 2 is 2.11 bits per heavy atom. The summed E-state index contributed by atoms with van der Waals surface area (Å²) >= 11 is 0. The smallest absolute Gasteiger partial charge is 0.200 e. The third-order valence-electron chi connectivity index (χ3n) is 3.14. The maximum Gasteiger partial charge on any atom is 0.200 e. The number of hydrogen-bond acceptors (Lipinski definition) is 5. The van der Waals surface area contributed by atoms with Crippen LogP contribution in [0.15, 0.2) is 12.1 Å². The summed E-state index contributed by atoms with van der Waals surface area (Å²) in [5, 5.41) is 3.39. The van der Waals surface area contributed by atoms with Crippen molar-refractivity contribution >= 4 is 5.82 Å². The van der Waals surface area contributed by atoms with E-state index in [1.54, 1.807) is 21.3 Å². The first kappa shape index (κ1) is 13.3. The molecule has 0 amide bonds. The quantitative estimate of drug-likeness (QED) is 0.809. The number of nitrogens with one attached hydrogen (secondary N) is 1. The Labute approximate surface area is 107 Å². The topological polar surface area (TPSA) is 52.6 Å². The summed E-state index contributed by atoms with van der Waals surface area (Å²) in [5.74, 6) is 0.917. The van der Waals surface area contributed by atoms with Gasteiger partial charge in [-0.25, -0.2) is 4.98 Å². The van der Waals surface area contributed by atoms with E-state index in [0.717, 1.165) is 24.4 Å². The van der Waals surface area contributed by atoms with Gasteiger partial charge in [-0.05, 0) is 24.5 Å². The molecule has 1 aliphatic rings. The van der Waals surface area contributed by atoms with Crippen molar-refractivity contribution in [3.05, 3.63) is 23.4 Å². The number of aryl methyl sites for hydroxylation is 1. The van der Waals surface area contributed by atoms with E-state index in [-0.39, 0.29) is 0 Å². The van der Waals surface area contributed by atoms with E-state index >= 15 is 0 Å². The minimum atomic E-state index is -0.417. The van der Waals surface area contributed by atoms with Crippen LogP contribution in [0, 0.1) is 0 Å². The lowest BCUT2D eigenvalue weighted by Gasteiger charge is -2.26. The van der Waals surface area contributed by atoms with Crippen LogP contribution in [0.25, 0.3) is 0 Å². The number of pyridine rings is 1. The molecule has 1 aliphatic heterocycles. The molecule has 0 aliphatic carbocycles. The minimum Gasteiger partial charge on any atom is -0.383 e. The van der Waals surface area contributed by atoms with E-state index < -0.39 is 6.29 Å². The highest BCUT2D eigenvalue weighted by molar-refractivity contribution is 5.48. The summed E-state index contributed by atoms with van der Waals surface area (Å²) in [6.45, 7) is 0.698. The molecule has 2 rings (SSSR count). The summed E-state index contributed by atoms with van der Waals surface area (Å²) in [6.07, 6.45) is 1.67. The molecule has 5 heteroatoms. The Bertz CT molecular complexity index is 394. The molecule has 1 unspecified atom stereocenters. The van der Waals surface area contributed by atoms with Crippen molar-refractivity contribution in [3.8, 4) is 0 Å². The van der Waals surface area contributed by atoms with Crippen molar-refractivity contribution in [2.24, 2.45) is 0 Å². The van der Waals surface area contributed by atoms with E-state index in [9.17, 15) is 0 Å². The van der Waals surface area contributed by atoms with Crippen LogP contribution < -0.4 is 5.32 Å². The van der Waals surface area contributed by atoms with E-state index in [2.05, 4.69) is 16.4 Å². The molecule has 18 heavy (non-hydrogen) atoms. The lowest BCUT2D eigenvalue weighted by Crippen LogP contribution is -2.30. The molecule has 0 saturated carbocycles. The number of rotatable bonds is 5. The van der Waals surface area contributed by atoms with Gasteiger partial charge in [0.15, 0.2) is 0 Å². The predicted octanol–water partition coefficient (Wildman–Crippen LogP) is 1.75. The Kier molecular flexibility index (Phi) is 4.52. The Balaban J connectivity index is 2.17. The summed E-state index contributed by atoms with van der Waals surface area (Å²) in [7, 11) is 4.93. The van der Waals surface area contributed by atoms with Gasteiger partial charge in [0.2, 0.25) is 6.29 Å². The van der Waals surface area contributed by atoms with Crippen LogP contribution in [-0.4, -0.2) is 39.0 Å². The van der Waals surface area contributed by atoms with Crippen LogP contribution in [-0.2, 0) is 20.6 Å². The highest BCUT2D eigenvalue weighted by Gasteiger charge is 2.20. The zero-order valence-corrected chi connectivity index (χ0v) is 11.1. The van der Waals surface area contributed by atoms with Gasteiger partial charge in [0.1, 0.15) is 5.82 Å². The van der Waals surface area contributed by atoms with Crippen molar-refractivity contribution < 1.29 is 14.2 Å². The zero-order chi connectivity index (χ0) is 13.0. The summed E-state index contributed by atoms with van der Waals surface area (Å²) in [6, 6.07) is 4.36. The third kappa shape index (κ3) is 2.80. The molecule has 0 bridgehead atoms. The lowest BCUT2D eigenvalue weighted by molar-refractivity contribution is -0.108. The van der Waals surface area contributed by atoms with Gasteiger partial charge in [-0.2, -0.15) is 0 Å². The van der Waals surface area contributed by atoms with Gasteiger partial charge in [-0.3, -0.25) is 0 Å². The van der Waals surface area contributed by atoms with Crippen LogP contribution in [0.5, 0.6) is 0 Å². The fraction of sp³-hybridized carbons (Fsp3) is 0.615. The van der Waals surface area contributed by atoms with Gasteiger partial charge in [0, 0.05) is 21.3 Å².